The zero-order valence-corrected chi connectivity index (χ0v) is 10.5. The van der Waals surface area contributed by atoms with Gasteiger partial charge >= 0.3 is 0 Å². The van der Waals surface area contributed by atoms with Gasteiger partial charge in [0.05, 0.1) is 6.10 Å². The average Bonchev–Trinajstić information content (AvgIpc) is 2.15. The fourth-order valence-electron chi connectivity index (χ4n) is 2.07. The number of hydrogen-bond donors (Lipinski definition) is 0. The van der Waals surface area contributed by atoms with Crippen LogP contribution in [-0.4, -0.2) is 30.4 Å². The Kier molecular flexibility index (Phi) is 4.56. The van der Waals surface area contributed by atoms with Crippen molar-refractivity contribution < 1.29 is 4.74 Å². The Morgan fingerprint density at radius 3 is 2.67 bits per heavy atom. The Morgan fingerprint density at radius 2 is 2.13 bits per heavy atom. The van der Waals surface area contributed by atoms with Gasteiger partial charge in [0.1, 0.15) is 0 Å². The molecule has 1 rings (SSSR count). The van der Waals surface area contributed by atoms with Crippen molar-refractivity contribution in [1.82, 2.24) is 5.06 Å². The van der Waals surface area contributed by atoms with Gasteiger partial charge in [-0.2, -0.15) is 0 Å². The third-order valence-corrected chi connectivity index (χ3v) is 3.61. The molecule has 1 fully saturated rings. The summed E-state index contributed by atoms with van der Waals surface area (Å²) in [6, 6.07) is 0. The highest BCUT2D eigenvalue weighted by Gasteiger charge is 2.23. The highest BCUT2D eigenvalue weighted by molar-refractivity contribution is 4.81. The molecule has 0 aromatic heterocycles. The molecule has 3 heteroatoms. The predicted octanol–water partition coefficient (Wildman–Crippen LogP) is 2.79. The van der Waals surface area contributed by atoms with E-state index in [1.165, 1.54) is 0 Å². The van der Waals surface area contributed by atoms with E-state index in [2.05, 4.69) is 6.92 Å². The largest absolute Gasteiger partial charge is 0.785 e. The number of hydrogen-bond acceptors (Lipinski definition) is 3. The lowest BCUT2D eigenvalue weighted by Gasteiger charge is -2.42. The summed E-state index contributed by atoms with van der Waals surface area (Å²) in [6.45, 7) is 7.06. The topological polar surface area (TPSA) is 35.5 Å². The van der Waals surface area contributed by atoms with E-state index in [0.717, 1.165) is 43.3 Å². The Balaban J connectivity index is 2.30. The molecule has 0 aromatic rings. The summed E-state index contributed by atoms with van der Waals surface area (Å²) in [6.07, 6.45) is 4.83. The fourth-order valence-corrected chi connectivity index (χ4v) is 2.07. The molecule has 1 heterocycles. The molecule has 2 atom stereocenters. The fraction of sp³-hybridized carbons (Fsp3) is 1.00. The van der Waals surface area contributed by atoms with E-state index in [9.17, 15) is 5.21 Å². The van der Waals surface area contributed by atoms with Crippen LogP contribution in [0.1, 0.15) is 46.5 Å². The molecule has 15 heavy (non-hydrogen) atoms. The van der Waals surface area contributed by atoms with Crippen molar-refractivity contribution in [3.63, 3.8) is 0 Å². The first-order chi connectivity index (χ1) is 6.92. The lowest BCUT2D eigenvalue weighted by Crippen LogP contribution is -2.37. The third kappa shape index (κ3) is 4.09. The summed E-state index contributed by atoms with van der Waals surface area (Å²) in [5.74, 6) is 0.743. The molecule has 0 spiro atoms. The van der Waals surface area contributed by atoms with Crippen LogP contribution in [0, 0.1) is 11.1 Å². The van der Waals surface area contributed by atoms with Crippen LogP contribution in [0.2, 0.25) is 0 Å². The standard InChI is InChI=1S/C12H24NO2/c1-10-9-11(6-8-15-10)5-7-12(2,3)13(4)14/h10-11H,5-9H2,1-4H3/q-1. The van der Waals surface area contributed by atoms with Crippen LogP contribution >= 0.6 is 0 Å². The molecule has 1 saturated heterocycles. The van der Waals surface area contributed by atoms with Gasteiger partial charge in [0.2, 0.25) is 0 Å². The molecule has 3 nitrogen and oxygen atoms in total. The van der Waals surface area contributed by atoms with Crippen LogP contribution in [0.3, 0.4) is 0 Å². The Labute approximate surface area is 93.4 Å². The Bertz CT molecular complexity index is 192. The van der Waals surface area contributed by atoms with E-state index in [1.807, 2.05) is 13.8 Å². The van der Waals surface area contributed by atoms with Gasteiger partial charge in [0.25, 0.3) is 0 Å². The van der Waals surface area contributed by atoms with Crippen LogP contribution in [0.5, 0.6) is 0 Å². The van der Waals surface area contributed by atoms with Crippen molar-refractivity contribution in [2.75, 3.05) is 13.7 Å². The summed E-state index contributed by atoms with van der Waals surface area (Å²) >= 11 is 0. The quantitative estimate of drug-likeness (QED) is 0.675. The molecule has 1 aliphatic rings. The number of rotatable bonds is 4. The van der Waals surface area contributed by atoms with Gasteiger partial charge in [-0.05, 0) is 59.4 Å². The zero-order chi connectivity index (χ0) is 11.5. The molecule has 0 N–H and O–H groups in total. The predicted molar refractivity (Wildman–Crippen MR) is 62.6 cm³/mol. The highest BCUT2D eigenvalue weighted by Crippen LogP contribution is 2.28. The maximum atomic E-state index is 11.3. The maximum Gasteiger partial charge on any atom is 0.0549 e. The van der Waals surface area contributed by atoms with E-state index in [1.54, 1.807) is 7.05 Å². The average molecular weight is 214 g/mol. The van der Waals surface area contributed by atoms with Crippen molar-refractivity contribution in [1.29, 1.82) is 0 Å². The molecule has 1 aliphatic heterocycles. The second-order valence-electron chi connectivity index (χ2n) is 5.42. The van der Waals surface area contributed by atoms with Gasteiger partial charge in [0.15, 0.2) is 0 Å². The normalized spacial score (nSPS) is 28.4. The van der Waals surface area contributed by atoms with Gasteiger partial charge in [-0.25, -0.2) is 0 Å². The van der Waals surface area contributed by atoms with Crippen LogP contribution in [-0.2, 0) is 4.74 Å². The van der Waals surface area contributed by atoms with Crippen LogP contribution in [0.4, 0.5) is 0 Å². The van der Waals surface area contributed by atoms with Gasteiger partial charge in [-0.15, -0.1) is 0 Å². The van der Waals surface area contributed by atoms with Crippen molar-refractivity contribution in [3.8, 4) is 0 Å². The summed E-state index contributed by atoms with van der Waals surface area (Å²) in [5, 5.41) is 12.4. The first kappa shape index (κ1) is 12.9. The number of ether oxygens (including phenoxy) is 1. The van der Waals surface area contributed by atoms with E-state index in [-0.39, 0.29) is 5.54 Å². The molecule has 0 aromatic carbocycles. The van der Waals surface area contributed by atoms with Crippen molar-refractivity contribution >= 4 is 0 Å². The SMILES string of the molecule is CC1CC(CCC(C)(C)N(C)[O-])CCO1. The van der Waals surface area contributed by atoms with Crippen LogP contribution in [0.15, 0.2) is 0 Å². The van der Waals surface area contributed by atoms with E-state index in [0.29, 0.717) is 6.10 Å². The molecule has 0 saturated carbocycles. The monoisotopic (exact) mass is 214 g/mol. The second-order valence-corrected chi connectivity index (χ2v) is 5.42. The molecule has 0 bridgehead atoms. The van der Waals surface area contributed by atoms with Crippen molar-refractivity contribution in [3.05, 3.63) is 5.21 Å². The summed E-state index contributed by atoms with van der Waals surface area (Å²) in [7, 11) is 1.62. The lowest BCUT2D eigenvalue weighted by atomic mass is 9.86. The van der Waals surface area contributed by atoms with E-state index < -0.39 is 0 Å². The summed E-state index contributed by atoms with van der Waals surface area (Å²) < 4.78 is 5.52. The summed E-state index contributed by atoms with van der Waals surface area (Å²) in [5.41, 5.74) is -0.221. The Hall–Kier alpha value is -0.120. The smallest absolute Gasteiger partial charge is 0.0549 e. The van der Waals surface area contributed by atoms with E-state index >= 15 is 0 Å². The first-order valence-corrected chi connectivity index (χ1v) is 5.94. The molecule has 0 amide bonds. The zero-order valence-electron chi connectivity index (χ0n) is 10.5. The molecule has 0 aliphatic carbocycles. The maximum absolute atomic E-state index is 11.3. The summed E-state index contributed by atoms with van der Waals surface area (Å²) in [4.78, 5) is 0. The molecular formula is C12H24NO2-. The first-order valence-electron chi connectivity index (χ1n) is 5.94. The van der Waals surface area contributed by atoms with Crippen molar-refractivity contribution in [2.24, 2.45) is 5.92 Å². The van der Waals surface area contributed by atoms with Gasteiger partial charge < -0.3 is 15.0 Å². The molecular weight excluding hydrogens is 190 g/mol. The van der Waals surface area contributed by atoms with Crippen LogP contribution < -0.4 is 0 Å². The third-order valence-electron chi connectivity index (χ3n) is 3.61. The van der Waals surface area contributed by atoms with Crippen molar-refractivity contribution in [2.45, 2.75) is 58.1 Å². The molecule has 0 radical (unpaired) electrons. The minimum absolute atomic E-state index is 0.221. The lowest BCUT2D eigenvalue weighted by molar-refractivity contribution is -0.00211. The Morgan fingerprint density at radius 1 is 1.47 bits per heavy atom. The molecule has 90 valence electrons. The number of nitrogens with zero attached hydrogens (tertiary/aromatic N) is 1. The molecule has 2 unspecified atom stereocenters. The van der Waals surface area contributed by atoms with Gasteiger partial charge in [-0.3, -0.25) is 0 Å². The minimum Gasteiger partial charge on any atom is -0.785 e. The van der Waals surface area contributed by atoms with Gasteiger partial charge in [-0.1, -0.05) is 0 Å². The highest BCUT2D eigenvalue weighted by atomic mass is 16.5. The second kappa shape index (κ2) is 5.28. The van der Waals surface area contributed by atoms with E-state index in [4.69, 9.17) is 4.74 Å². The van der Waals surface area contributed by atoms with Crippen LogP contribution in [0.25, 0.3) is 0 Å². The minimum atomic E-state index is -0.221. The van der Waals surface area contributed by atoms with Gasteiger partial charge in [0, 0.05) is 12.1 Å². The number of hydroxylamine groups is 2.